The number of nitrogens with one attached hydrogen (secondary N) is 1. The predicted molar refractivity (Wildman–Crippen MR) is 205 cm³/mol. The highest BCUT2D eigenvalue weighted by atomic mass is 35.5. The van der Waals surface area contributed by atoms with Gasteiger partial charge in [-0.25, -0.2) is 9.37 Å². The predicted octanol–water partition coefficient (Wildman–Crippen LogP) is 7.64. The van der Waals surface area contributed by atoms with Crippen LogP contribution in [0.3, 0.4) is 0 Å². The summed E-state index contributed by atoms with van der Waals surface area (Å²) >= 11 is 12.7. The summed E-state index contributed by atoms with van der Waals surface area (Å²) < 4.78 is 61.3. The zero-order valence-electron chi connectivity index (χ0n) is 30.7. The number of halogens is 6. The molecular formula is C42H31Cl2F4N5O6. The van der Waals surface area contributed by atoms with Crippen LogP contribution < -0.4 is 15.2 Å². The molecule has 3 aliphatic heterocycles. The third-order valence-electron chi connectivity index (χ3n) is 12.1. The van der Waals surface area contributed by atoms with E-state index in [9.17, 15) is 37.1 Å². The summed E-state index contributed by atoms with van der Waals surface area (Å²) in [5.74, 6) is -8.39. The molecule has 11 nitrogen and oxygen atoms in total. The second-order valence-corrected chi connectivity index (χ2v) is 16.0. The van der Waals surface area contributed by atoms with E-state index in [0.717, 1.165) is 21.1 Å². The van der Waals surface area contributed by atoms with Crippen molar-refractivity contribution in [3.05, 3.63) is 135 Å². The number of imide groups is 2. The minimum atomic E-state index is -4.85. The first-order valence-electron chi connectivity index (χ1n) is 18.5. The number of ether oxygens (including phenoxy) is 1. The van der Waals surface area contributed by atoms with Crippen molar-refractivity contribution >= 4 is 58.3 Å². The number of rotatable bonds is 6. The van der Waals surface area contributed by atoms with Crippen LogP contribution in [0.1, 0.15) is 29.7 Å². The number of aromatic hydroxyl groups is 1. The van der Waals surface area contributed by atoms with Gasteiger partial charge in [-0.05, 0) is 96.6 Å². The molecule has 2 saturated heterocycles. The topological polar surface area (TPSA) is 132 Å². The van der Waals surface area contributed by atoms with E-state index in [-0.39, 0.29) is 35.7 Å². The third kappa shape index (κ3) is 5.95. The summed E-state index contributed by atoms with van der Waals surface area (Å²) in [6, 6.07) is 17.9. The largest absolute Gasteiger partial charge is 0.508 e. The fourth-order valence-corrected chi connectivity index (χ4v) is 10.0. The summed E-state index contributed by atoms with van der Waals surface area (Å²) in [7, 11) is 1.22. The molecule has 3 aromatic carbocycles. The maximum Gasteiger partial charge on any atom is 0.433 e. The number of amides is 4. The quantitative estimate of drug-likeness (QED) is 0.114. The molecule has 0 radical (unpaired) electrons. The van der Waals surface area contributed by atoms with Gasteiger partial charge in [-0.15, -0.1) is 0 Å². The molecule has 17 heteroatoms. The van der Waals surface area contributed by atoms with Crippen molar-refractivity contribution in [2.45, 2.75) is 30.9 Å². The molecule has 2 N–H and O–H groups in total. The first-order chi connectivity index (χ1) is 28.1. The molecule has 4 heterocycles. The summed E-state index contributed by atoms with van der Waals surface area (Å²) in [5.41, 5.74) is 2.30. The number of hydrogen-bond donors (Lipinski definition) is 2. The lowest BCUT2D eigenvalue weighted by Gasteiger charge is -2.51. The number of benzene rings is 3. The zero-order chi connectivity index (χ0) is 41.7. The summed E-state index contributed by atoms with van der Waals surface area (Å²) in [5, 5.41) is 13.1. The molecule has 4 amide bonds. The van der Waals surface area contributed by atoms with Gasteiger partial charge in [0.2, 0.25) is 0 Å². The number of carbonyl (C=O) groups excluding carboxylic acids is 4. The Labute approximate surface area is 343 Å². The monoisotopic (exact) mass is 847 g/mol. The summed E-state index contributed by atoms with van der Waals surface area (Å²) in [4.78, 5) is 62.9. The third-order valence-corrected chi connectivity index (χ3v) is 12.7. The molecular weight excluding hydrogens is 817 g/mol. The summed E-state index contributed by atoms with van der Waals surface area (Å²) in [6.07, 6.45) is -1.46. The van der Waals surface area contributed by atoms with Gasteiger partial charge in [0.15, 0.2) is 5.82 Å². The van der Waals surface area contributed by atoms with E-state index >= 15 is 4.79 Å². The van der Waals surface area contributed by atoms with Gasteiger partial charge in [0.25, 0.3) is 23.6 Å². The number of alkyl halides is 3. The molecule has 302 valence electrons. The number of pyridine rings is 1. The van der Waals surface area contributed by atoms with Crippen LogP contribution in [0, 0.1) is 35.4 Å². The van der Waals surface area contributed by atoms with E-state index in [0.29, 0.717) is 39.1 Å². The first kappa shape index (κ1) is 38.6. The number of hydrogen-bond acceptors (Lipinski definition) is 9. The minimum absolute atomic E-state index is 0.0121. The van der Waals surface area contributed by atoms with E-state index in [1.807, 2.05) is 0 Å². The maximum absolute atomic E-state index is 15.4. The van der Waals surface area contributed by atoms with Crippen LogP contribution in [0.4, 0.5) is 29.1 Å². The number of phenolic OH excluding ortho intramolecular Hbond substituents is 1. The van der Waals surface area contributed by atoms with Gasteiger partial charge in [0.05, 0.1) is 40.1 Å². The number of phenols is 1. The number of hydrazine groups is 2. The SMILES string of the molecule is CN(c1nc(C(F)(F)F)ccc1Cl)N1C(=O)[C@H]2[C@H](CC=C3[C@H](C4=COc5ccc(O)cc5C4)[C@]4(c5ccc(Cl)cc5)C(=O)N(Nc5ccc(F)cc5)C(=O)[C@@H]4C[C@H]32)C1=O. The lowest BCUT2D eigenvalue weighted by Crippen LogP contribution is -2.55. The van der Waals surface area contributed by atoms with Crippen molar-refractivity contribution in [3.63, 3.8) is 0 Å². The van der Waals surface area contributed by atoms with Crippen LogP contribution >= 0.6 is 23.2 Å². The van der Waals surface area contributed by atoms with Crippen molar-refractivity contribution < 1.29 is 46.6 Å². The summed E-state index contributed by atoms with van der Waals surface area (Å²) in [6.45, 7) is 0. The van der Waals surface area contributed by atoms with Gasteiger partial charge in [-0.1, -0.05) is 47.0 Å². The van der Waals surface area contributed by atoms with Crippen molar-refractivity contribution in [1.82, 2.24) is 15.0 Å². The molecule has 1 saturated carbocycles. The highest BCUT2D eigenvalue weighted by molar-refractivity contribution is 6.33. The Bertz CT molecular complexity index is 2530. The standard InChI is InChI=1S/C42H31Cl2F4N5O6/c1-51(36-31(44)13-15-33(49-36)42(46,47)48)53-37(55)28-12-11-27-29(34(28)39(53)57)18-30-38(56)52(50-25-8-6-24(45)7-9-25)40(58)41(30,22-2-4-23(43)5-3-22)35(27)21-16-20-17-26(54)10-14-32(20)59-19-21/h2-11,13-15,17,19,28-30,34-35,50,54H,12,16,18H2,1H3/t28-,29+,30-,34-,35-,41+/m0/s1. The van der Waals surface area contributed by atoms with Crippen LogP contribution in [0.25, 0.3) is 0 Å². The number of carbonyl (C=O) groups is 4. The van der Waals surface area contributed by atoms with Gasteiger partial charge in [0, 0.05) is 30.0 Å². The number of anilines is 2. The molecule has 5 aliphatic rings. The van der Waals surface area contributed by atoms with Crippen LogP contribution in [0.5, 0.6) is 11.5 Å². The van der Waals surface area contributed by atoms with Crippen LogP contribution in [-0.2, 0) is 37.2 Å². The van der Waals surface area contributed by atoms with E-state index in [2.05, 4.69) is 10.4 Å². The number of fused-ring (bicyclic) bond motifs is 5. The zero-order valence-corrected chi connectivity index (χ0v) is 32.2. The molecule has 3 fully saturated rings. The van der Waals surface area contributed by atoms with Crippen molar-refractivity contribution in [3.8, 4) is 11.5 Å². The first-order valence-corrected chi connectivity index (χ1v) is 19.2. The van der Waals surface area contributed by atoms with Gasteiger partial charge < -0.3 is 9.84 Å². The van der Waals surface area contributed by atoms with Crippen molar-refractivity contribution in [2.24, 2.45) is 29.6 Å². The number of aromatic nitrogens is 1. The molecule has 4 aromatic rings. The lowest BCUT2D eigenvalue weighted by molar-refractivity contribution is -0.142. The van der Waals surface area contributed by atoms with E-state index in [4.69, 9.17) is 27.9 Å². The average molecular weight is 849 g/mol. The Morgan fingerprint density at radius 1 is 0.932 bits per heavy atom. The number of nitrogens with zero attached hydrogens (tertiary/aromatic N) is 4. The van der Waals surface area contributed by atoms with Gasteiger partial charge in [0.1, 0.15) is 23.0 Å². The molecule has 0 unspecified atom stereocenters. The second-order valence-electron chi connectivity index (χ2n) is 15.2. The molecule has 2 aliphatic carbocycles. The minimum Gasteiger partial charge on any atom is -0.508 e. The lowest BCUT2D eigenvalue weighted by atomic mass is 9.48. The van der Waals surface area contributed by atoms with E-state index < -0.39 is 82.1 Å². The Balaban J connectivity index is 1.19. The van der Waals surface area contributed by atoms with Crippen LogP contribution in [0.15, 0.2) is 102 Å². The van der Waals surface area contributed by atoms with E-state index in [1.165, 1.54) is 49.7 Å². The Kier molecular flexibility index (Phi) is 9.05. The van der Waals surface area contributed by atoms with Crippen LogP contribution in [-0.4, -0.2) is 50.8 Å². The molecule has 0 spiro atoms. The normalized spacial score (nSPS) is 26.1. The van der Waals surface area contributed by atoms with Crippen molar-refractivity contribution in [1.29, 1.82) is 0 Å². The number of allylic oxidation sites excluding steroid dienone is 3. The molecule has 6 atom stereocenters. The molecule has 1 aromatic heterocycles. The van der Waals surface area contributed by atoms with Crippen molar-refractivity contribution in [2.75, 3.05) is 17.5 Å². The highest BCUT2D eigenvalue weighted by Crippen LogP contribution is 2.63. The smallest absolute Gasteiger partial charge is 0.433 e. The average Bonchev–Trinajstić information content (AvgIpc) is 3.58. The molecule has 9 rings (SSSR count). The van der Waals surface area contributed by atoms with Crippen LogP contribution in [0.2, 0.25) is 10.0 Å². The second kappa shape index (κ2) is 13.8. The highest BCUT2D eigenvalue weighted by Gasteiger charge is 2.71. The Hall–Kier alpha value is -5.93. The van der Waals surface area contributed by atoms with E-state index in [1.54, 1.807) is 36.4 Å². The van der Waals surface area contributed by atoms with Gasteiger partial charge >= 0.3 is 6.18 Å². The Morgan fingerprint density at radius 2 is 1.66 bits per heavy atom. The molecule has 0 bridgehead atoms. The fraction of sp³-hybridized carbons (Fsp3) is 0.262. The van der Waals surface area contributed by atoms with Gasteiger partial charge in [-0.2, -0.15) is 23.2 Å². The maximum atomic E-state index is 15.4. The Morgan fingerprint density at radius 3 is 2.37 bits per heavy atom. The molecule has 59 heavy (non-hydrogen) atoms. The fourth-order valence-electron chi connectivity index (χ4n) is 9.66. The van der Waals surface area contributed by atoms with Gasteiger partial charge in [-0.3, -0.25) is 29.6 Å².